The average Bonchev–Trinajstić information content (AvgIpc) is 3.05. The molecule has 0 amide bonds. The molecule has 0 radical (unpaired) electrons. The van der Waals surface area contributed by atoms with E-state index in [9.17, 15) is 5.11 Å². The lowest BCUT2D eigenvalue weighted by molar-refractivity contribution is 0.189. The van der Waals surface area contributed by atoms with Gasteiger partial charge in [-0.25, -0.2) is 15.0 Å². The zero-order valence-corrected chi connectivity index (χ0v) is 14.2. The molecule has 1 saturated heterocycles. The maximum atomic E-state index is 9.68. The molecule has 25 heavy (non-hydrogen) atoms. The molecule has 0 aliphatic carbocycles. The van der Waals surface area contributed by atoms with Crippen LogP contribution in [0.3, 0.4) is 0 Å². The number of piperazine rings is 1. The second kappa shape index (κ2) is 6.29. The summed E-state index contributed by atoms with van der Waals surface area (Å²) in [5.41, 5.74) is 1.33. The van der Waals surface area contributed by atoms with Gasteiger partial charge in [-0.2, -0.15) is 4.98 Å². The van der Waals surface area contributed by atoms with Crippen LogP contribution >= 0.6 is 0 Å². The van der Waals surface area contributed by atoms with Crippen LogP contribution in [-0.4, -0.2) is 50.7 Å². The van der Waals surface area contributed by atoms with Crippen LogP contribution in [0.15, 0.2) is 35.0 Å². The number of rotatable bonds is 3. The third-order valence-electron chi connectivity index (χ3n) is 4.39. The summed E-state index contributed by atoms with van der Waals surface area (Å²) in [6.45, 7) is 6.13. The average molecular weight is 340 g/mol. The normalized spacial score (nSPS) is 19.4. The number of nitrogens with zero attached hydrogens (tertiary/aromatic N) is 6. The Balaban J connectivity index is 1.53. The molecule has 1 aliphatic rings. The molecule has 0 bridgehead atoms. The Labute approximate surface area is 145 Å². The molecule has 4 heterocycles. The van der Waals surface area contributed by atoms with Crippen LogP contribution in [0, 0.1) is 0 Å². The van der Waals surface area contributed by atoms with Gasteiger partial charge < -0.3 is 19.3 Å². The summed E-state index contributed by atoms with van der Waals surface area (Å²) in [5.74, 6) is 1.27. The van der Waals surface area contributed by atoms with Gasteiger partial charge in [0, 0.05) is 38.1 Å². The van der Waals surface area contributed by atoms with Crippen LogP contribution in [0.25, 0.3) is 11.2 Å². The fourth-order valence-electron chi connectivity index (χ4n) is 3.07. The predicted octanol–water partition coefficient (Wildman–Crippen LogP) is 1.78. The van der Waals surface area contributed by atoms with Gasteiger partial charge in [-0.1, -0.05) is 0 Å². The monoisotopic (exact) mass is 340 g/mol. The maximum Gasteiger partial charge on any atom is 0.300 e. The molecule has 8 heteroatoms. The molecular formula is C17H20N6O2. The number of hydrogen-bond acceptors (Lipinski definition) is 8. The van der Waals surface area contributed by atoms with Crippen molar-refractivity contribution >= 4 is 23.1 Å². The molecule has 3 aromatic heterocycles. The van der Waals surface area contributed by atoms with E-state index in [-0.39, 0.29) is 6.04 Å². The highest BCUT2D eigenvalue weighted by atomic mass is 16.4. The highest BCUT2D eigenvalue weighted by Crippen LogP contribution is 2.25. The van der Waals surface area contributed by atoms with E-state index in [1.54, 1.807) is 19.3 Å². The number of fused-ring (bicyclic) bond motifs is 1. The molecule has 1 fully saturated rings. The SMILES string of the molecule is C[C@@H](O)c1nccc(N2CCN(c3nc4cccnc4o3)[C@@H](C)C2)n1. The number of oxazole rings is 1. The van der Waals surface area contributed by atoms with Crippen molar-refractivity contribution in [2.24, 2.45) is 0 Å². The quantitative estimate of drug-likeness (QED) is 0.771. The smallest absolute Gasteiger partial charge is 0.300 e. The second-order valence-electron chi connectivity index (χ2n) is 6.26. The summed E-state index contributed by atoms with van der Waals surface area (Å²) in [6.07, 6.45) is 2.72. The van der Waals surface area contributed by atoms with Gasteiger partial charge in [-0.3, -0.25) is 0 Å². The molecular weight excluding hydrogens is 320 g/mol. The number of aliphatic hydroxyl groups excluding tert-OH is 1. The van der Waals surface area contributed by atoms with Gasteiger partial charge in [-0.05, 0) is 32.0 Å². The molecule has 0 saturated carbocycles. The molecule has 4 rings (SSSR count). The van der Waals surface area contributed by atoms with Gasteiger partial charge in [0.25, 0.3) is 6.01 Å². The molecule has 0 spiro atoms. The van der Waals surface area contributed by atoms with Crippen LogP contribution in [0.4, 0.5) is 11.8 Å². The van der Waals surface area contributed by atoms with E-state index in [1.165, 1.54) is 0 Å². The molecule has 1 N–H and O–H groups in total. The number of pyridine rings is 1. The topological polar surface area (TPSA) is 91.4 Å². The van der Waals surface area contributed by atoms with Gasteiger partial charge in [0.15, 0.2) is 5.82 Å². The first-order valence-corrected chi connectivity index (χ1v) is 8.36. The van der Waals surface area contributed by atoms with Crippen LogP contribution in [0.2, 0.25) is 0 Å². The summed E-state index contributed by atoms with van der Waals surface area (Å²) in [7, 11) is 0. The summed E-state index contributed by atoms with van der Waals surface area (Å²) in [5, 5.41) is 9.68. The largest absolute Gasteiger partial charge is 0.404 e. The van der Waals surface area contributed by atoms with Crippen LogP contribution in [-0.2, 0) is 0 Å². The summed E-state index contributed by atoms with van der Waals surface area (Å²) < 4.78 is 5.80. The van der Waals surface area contributed by atoms with Crippen LogP contribution in [0.5, 0.6) is 0 Å². The number of hydrogen-bond donors (Lipinski definition) is 1. The van der Waals surface area contributed by atoms with Gasteiger partial charge >= 0.3 is 0 Å². The van der Waals surface area contributed by atoms with E-state index < -0.39 is 6.10 Å². The second-order valence-corrected chi connectivity index (χ2v) is 6.26. The van der Waals surface area contributed by atoms with E-state index in [1.807, 2.05) is 18.2 Å². The predicted molar refractivity (Wildman–Crippen MR) is 93.5 cm³/mol. The van der Waals surface area contributed by atoms with Crippen LogP contribution in [0.1, 0.15) is 25.8 Å². The first kappa shape index (κ1) is 15.8. The lowest BCUT2D eigenvalue weighted by atomic mass is 10.2. The van der Waals surface area contributed by atoms with Crippen LogP contribution < -0.4 is 9.80 Å². The highest BCUT2D eigenvalue weighted by molar-refractivity contribution is 5.70. The van der Waals surface area contributed by atoms with Crippen molar-refractivity contribution < 1.29 is 9.52 Å². The molecule has 3 aromatic rings. The minimum absolute atomic E-state index is 0.201. The number of anilines is 2. The van der Waals surface area contributed by atoms with Crippen molar-refractivity contribution in [2.75, 3.05) is 29.4 Å². The Morgan fingerprint density at radius 2 is 2.08 bits per heavy atom. The van der Waals surface area contributed by atoms with E-state index in [4.69, 9.17) is 4.42 Å². The van der Waals surface area contributed by atoms with Gasteiger partial charge in [0.1, 0.15) is 17.4 Å². The Morgan fingerprint density at radius 1 is 1.20 bits per heavy atom. The first-order chi connectivity index (χ1) is 12.1. The first-order valence-electron chi connectivity index (χ1n) is 8.36. The zero-order valence-electron chi connectivity index (χ0n) is 14.2. The molecule has 2 atom stereocenters. The summed E-state index contributed by atoms with van der Waals surface area (Å²) in [4.78, 5) is 21.7. The van der Waals surface area contributed by atoms with Gasteiger partial charge in [0.05, 0.1) is 0 Å². The molecule has 0 aromatic carbocycles. The third-order valence-corrected chi connectivity index (χ3v) is 4.39. The number of aliphatic hydroxyl groups is 1. The summed E-state index contributed by atoms with van der Waals surface area (Å²) in [6, 6.07) is 6.43. The van der Waals surface area contributed by atoms with Crippen molar-refractivity contribution in [1.82, 2.24) is 19.9 Å². The van der Waals surface area contributed by atoms with Crippen molar-refractivity contribution in [3.8, 4) is 0 Å². The minimum atomic E-state index is -0.675. The number of aromatic nitrogens is 4. The van der Waals surface area contributed by atoms with E-state index in [0.717, 1.165) is 31.0 Å². The molecule has 1 aliphatic heterocycles. The van der Waals surface area contributed by atoms with E-state index in [0.29, 0.717) is 17.6 Å². The summed E-state index contributed by atoms with van der Waals surface area (Å²) >= 11 is 0. The molecule has 130 valence electrons. The van der Waals surface area contributed by atoms with Crippen molar-refractivity contribution in [3.05, 3.63) is 36.4 Å². The van der Waals surface area contributed by atoms with E-state index >= 15 is 0 Å². The lowest BCUT2D eigenvalue weighted by Crippen LogP contribution is -2.52. The third kappa shape index (κ3) is 3.00. The maximum absolute atomic E-state index is 9.68. The Morgan fingerprint density at radius 3 is 2.84 bits per heavy atom. The zero-order chi connectivity index (χ0) is 17.4. The highest BCUT2D eigenvalue weighted by Gasteiger charge is 2.28. The molecule has 8 nitrogen and oxygen atoms in total. The lowest BCUT2D eigenvalue weighted by Gasteiger charge is -2.39. The van der Waals surface area contributed by atoms with E-state index in [2.05, 4.69) is 36.7 Å². The minimum Gasteiger partial charge on any atom is -0.404 e. The standard InChI is InChI=1S/C17H20N6O2/c1-11-10-22(14-5-7-18-15(21-14)12(2)24)8-9-23(11)17-20-13-4-3-6-19-16(13)25-17/h3-7,11-12,24H,8-10H2,1-2H3/t11-,12+/m0/s1. The van der Waals surface area contributed by atoms with Gasteiger partial charge in [0.2, 0.25) is 5.71 Å². The van der Waals surface area contributed by atoms with Crippen molar-refractivity contribution in [3.63, 3.8) is 0 Å². The van der Waals surface area contributed by atoms with Gasteiger partial charge in [-0.15, -0.1) is 0 Å². The van der Waals surface area contributed by atoms with Crippen molar-refractivity contribution in [2.45, 2.75) is 26.0 Å². The Hall–Kier alpha value is -2.74. The Bertz CT molecular complexity index is 847. The molecule has 0 unspecified atom stereocenters. The Kier molecular flexibility index (Phi) is 3.96. The fraction of sp³-hybridized carbons (Fsp3) is 0.412. The fourth-order valence-corrected chi connectivity index (χ4v) is 3.07. The van der Waals surface area contributed by atoms with Crippen molar-refractivity contribution in [1.29, 1.82) is 0 Å².